The second-order valence-corrected chi connectivity index (χ2v) is 4.40. The number of hydrogen-bond acceptors (Lipinski definition) is 3. The summed E-state index contributed by atoms with van der Waals surface area (Å²) < 4.78 is 5.51. The summed E-state index contributed by atoms with van der Waals surface area (Å²) in [7, 11) is 1.44. The number of amides is 3. The van der Waals surface area contributed by atoms with E-state index in [1.807, 2.05) is 13.8 Å². The van der Waals surface area contributed by atoms with Gasteiger partial charge in [-0.05, 0) is 32.0 Å². The van der Waals surface area contributed by atoms with Gasteiger partial charge in [0.05, 0.1) is 11.7 Å². The molecule has 0 aromatic heterocycles. The second kappa shape index (κ2) is 6.84. The Balaban J connectivity index is 2.87. The van der Waals surface area contributed by atoms with Crippen molar-refractivity contribution in [3.05, 3.63) is 28.8 Å². The lowest BCUT2D eigenvalue weighted by molar-refractivity contribution is 0.0930. The normalized spacial score (nSPS) is 9.95. The topological polar surface area (TPSA) is 79.5 Å². The summed E-state index contributed by atoms with van der Waals surface area (Å²) in [4.78, 5) is 22.9. The number of urea groups is 1. The number of nitrogens with one attached hydrogen (secondary N) is 3. The summed E-state index contributed by atoms with van der Waals surface area (Å²) in [6, 6.07) is 4.18. The minimum atomic E-state index is -0.526. The van der Waals surface area contributed by atoms with Crippen molar-refractivity contribution in [1.29, 1.82) is 0 Å². The lowest BCUT2D eigenvalue weighted by Gasteiger charge is -2.14. The molecular weight excluding hydrogens is 270 g/mol. The molecule has 0 spiro atoms. The summed E-state index contributed by atoms with van der Waals surface area (Å²) in [6.45, 7) is 3.69. The monoisotopic (exact) mass is 285 g/mol. The molecule has 0 atom stereocenters. The van der Waals surface area contributed by atoms with Crippen LogP contribution < -0.4 is 20.9 Å². The van der Waals surface area contributed by atoms with Gasteiger partial charge in [0.15, 0.2) is 0 Å². The predicted molar refractivity (Wildman–Crippen MR) is 72.3 cm³/mol. The van der Waals surface area contributed by atoms with Crippen molar-refractivity contribution in [1.82, 2.24) is 16.2 Å². The lowest BCUT2D eigenvalue weighted by atomic mass is 10.2. The molecule has 0 fully saturated rings. The van der Waals surface area contributed by atoms with Gasteiger partial charge in [-0.15, -0.1) is 0 Å². The van der Waals surface area contributed by atoms with E-state index in [0.29, 0.717) is 10.8 Å². The molecule has 0 heterocycles. The maximum Gasteiger partial charge on any atom is 0.333 e. The van der Waals surface area contributed by atoms with E-state index >= 15 is 0 Å². The quantitative estimate of drug-likeness (QED) is 0.740. The van der Waals surface area contributed by atoms with Gasteiger partial charge in [0.1, 0.15) is 5.75 Å². The third-order valence-corrected chi connectivity index (χ3v) is 2.30. The maximum atomic E-state index is 11.9. The molecule has 6 nitrogen and oxygen atoms in total. The van der Waals surface area contributed by atoms with Crippen molar-refractivity contribution in [3.8, 4) is 5.75 Å². The van der Waals surface area contributed by atoms with Crippen molar-refractivity contribution in [2.75, 3.05) is 7.05 Å². The fourth-order valence-electron chi connectivity index (χ4n) is 1.28. The van der Waals surface area contributed by atoms with Crippen LogP contribution in [0.25, 0.3) is 0 Å². The first-order valence-electron chi connectivity index (χ1n) is 5.68. The van der Waals surface area contributed by atoms with Crippen LogP contribution in [0.5, 0.6) is 5.75 Å². The van der Waals surface area contributed by atoms with Crippen LogP contribution in [0.1, 0.15) is 24.2 Å². The summed E-state index contributed by atoms with van der Waals surface area (Å²) >= 11 is 5.85. The molecule has 0 aliphatic heterocycles. The number of benzene rings is 1. The lowest BCUT2D eigenvalue weighted by Crippen LogP contribution is -2.45. The smallest absolute Gasteiger partial charge is 0.333 e. The molecule has 0 radical (unpaired) electrons. The van der Waals surface area contributed by atoms with Gasteiger partial charge in [0, 0.05) is 12.1 Å². The Morgan fingerprint density at radius 3 is 2.53 bits per heavy atom. The molecule has 104 valence electrons. The largest absolute Gasteiger partial charge is 0.490 e. The Morgan fingerprint density at radius 1 is 1.26 bits per heavy atom. The van der Waals surface area contributed by atoms with E-state index < -0.39 is 11.9 Å². The third-order valence-electron chi connectivity index (χ3n) is 2.07. The van der Waals surface area contributed by atoms with Gasteiger partial charge >= 0.3 is 6.03 Å². The van der Waals surface area contributed by atoms with Gasteiger partial charge in [-0.2, -0.15) is 0 Å². The molecule has 3 amide bonds. The third kappa shape index (κ3) is 4.67. The fourth-order valence-corrected chi connectivity index (χ4v) is 1.45. The van der Waals surface area contributed by atoms with Crippen LogP contribution in [0.15, 0.2) is 18.2 Å². The molecule has 1 aromatic carbocycles. The molecule has 3 N–H and O–H groups in total. The highest BCUT2D eigenvalue weighted by Crippen LogP contribution is 2.23. The van der Waals surface area contributed by atoms with Crippen LogP contribution >= 0.6 is 11.6 Å². The Morgan fingerprint density at radius 2 is 1.95 bits per heavy atom. The van der Waals surface area contributed by atoms with Crippen LogP contribution in [0, 0.1) is 0 Å². The average molecular weight is 286 g/mol. The first-order chi connectivity index (χ1) is 8.93. The highest BCUT2D eigenvalue weighted by molar-refractivity contribution is 6.31. The zero-order valence-corrected chi connectivity index (χ0v) is 11.7. The van der Waals surface area contributed by atoms with E-state index in [0.717, 1.165) is 0 Å². The van der Waals surface area contributed by atoms with Gasteiger partial charge in [-0.3, -0.25) is 10.2 Å². The molecule has 0 saturated heterocycles. The second-order valence-electron chi connectivity index (χ2n) is 3.97. The van der Waals surface area contributed by atoms with Gasteiger partial charge < -0.3 is 10.1 Å². The van der Waals surface area contributed by atoms with Gasteiger partial charge in [-0.1, -0.05) is 11.6 Å². The van der Waals surface area contributed by atoms with Crippen molar-refractivity contribution in [3.63, 3.8) is 0 Å². The molecule has 0 saturated carbocycles. The Kier molecular flexibility index (Phi) is 5.44. The highest BCUT2D eigenvalue weighted by atomic mass is 35.5. The molecule has 1 aromatic rings. The molecule has 7 heteroatoms. The van der Waals surface area contributed by atoms with E-state index in [9.17, 15) is 9.59 Å². The van der Waals surface area contributed by atoms with Crippen LogP contribution in [0.3, 0.4) is 0 Å². The SMILES string of the molecule is CNC(=O)NNC(=O)c1cc(Cl)ccc1OC(C)C. The first kappa shape index (κ1) is 15.1. The number of hydrazine groups is 1. The van der Waals surface area contributed by atoms with Crippen molar-refractivity contribution >= 4 is 23.5 Å². The maximum absolute atomic E-state index is 11.9. The number of halogens is 1. The highest BCUT2D eigenvalue weighted by Gasteiger charge is 2.14. The van der Waals surface area contributed by atoms with Crippen molar-refractivity contribution in [2.45, 2.75) is 20.0 Å². The average Bonchev–Trinajstić information content (AvgIpc) is 2.37. The Bertz CT molecular complexity index is 477. The fraction of sp³-hybridized carbons (Fsp3) is 0.333. The van der Waals surface area contributed by atoms with E-state index in [2.05, 4.69) is 16.2 Å². The van der Waals surface area contributed by atoms with Gasteiger partial charge in [0.2, 0.25) is 0 Å². The zero-order chi connectivity index (χ0) is 14.4. The molecule has 19 heavy (non-hydrogen) atoms. The Labute approximate surface area is 116 Å². The summed E-state index contributed by atoms with van der Waals surface area (Å²) in [6.07, 6.45) is -0.0837. The number of hydrogen-bond donors (Lipinski definition) is 3. The molecule has 1 rings (SSSR count). The van der Waals surface area contributed by atoms with E-state index in [-0.39, 0.29) is 11.7 Å². The minimum Gasteiger partial charge on any atom is -0.490 e. The predicted octanol–water partition coefficient (Wildman–Crippen LogP) is 1.70. The number of carbonyl (C=O) groups is 2. The van der Waals surface area contributed by atoms with Crippen LogP contribution in [-0.2, 0) is 0 Å². The van der Waals surface area contributed by atoms with Crippen molar-refractivity contribution in [2.24, 2.45) is 0 Å². The summed E-state index contributed by atoms with van der Waals surface area (Å²) in [5, 5.41) is 2.71. The van der Waals surface area contributed by atoms with Gasteiger partial charge in [0.25, 0.3) is 5.91 Å². The molecular formula is C12H16ClN3O3. The van der Waals surface area contributed by atoms with Crippen LogP contribution in [0.2, 0.25) is 5.02 Å². The van der Waals surface area contributed by atoms with Gasteiger partial charge in [-0.25, -0.2) is 10.2 Å². The van der Waals surface area contributed by atoms with Crippen molar-refractivity contribution < 1.29 is 14.3 Å². The summed E-state index contributed by atoms with van der Waals surface area (Å²) in [5.74, 6) is -0.114. The Hall–Kier alpha value is -1.95. The number of rotatable bonds is 3. The number of ether oxygens (including phenoxy) is 1. The minimum absolute atomic E-state index is 0.0837. The molecule has 0 bridgehead atoms. The molecule has 0 aliphatic carbocycles. The molecule has 0 unspecified atom stereocenters. The molecule has 0 aliphatic rings. The first-order valence-corrected chi connectivity index (χ1v) is 6.06. The standard InChI is InChI=1S/C12H16ClN3O3/c1-7(2)19-10-5-4-8(13)6-9(10)11(17)15-16-12(18)14-3/h4-7H,1-3H3,(H,15,17)(H2,14,16,18). The van der Waals surface area contributed by atoms with Crippen LogP contribution in [-0.4, -0.2) is 25.1 Å². The number of carbonyl (C=O) groups excluding carboxylic acids is 2. The van der Waals surface area contributed by atoms with E-state index in [4.69, 9.17) is 16.3 Å². The zero-order valence-electron chi connectivity index (χ0n) is 10.9. The van der Waals surface area contributed by atoms with E-state index in [1.165, 1.54) is 13.1 Å². The summed E-state index contributed by atoms with van der Waals surface area (Å²) in [5.41, 5.74) is 4.68. The van der Waals surface area contributed by atoms with E-state index in [1.54, 1.807) is 12.1 Å². The van der Waals surface area contributed by atoms with Crippen LogP contribution in [0.4, 0.5) is 4.79 Å².